The van der Waals surface area contributed by atoms with Crippen molar-refractivity contribution in [3.8, 4) is 5.75 Å². The lowest BCUT2D eigenvalue weighted by molar-refractivity contribution is -0.137. The zero-order valence-electron chi connectivity index (χ0n) is 15.7. The van der Waals surface area contributed by atoms with Crippen molar-refractivity contribution in [1.82, 2.24) is 9.88 Å². The highest BCUT2D eigenvalue weighted by atomic mass is 35.5. The van der Waals surface area contributed by atoms with E-state index in [9.17, 15) is 23.1 Å². The van der Waals surface area contributed by atoms with Gasteiger partial charge in [-0.1, -0.05) is 22.9 Å². The summed E-state index contributed by atoms with van der Waals surface area (Å²) in [6, 6.07) is 4.91. The average Bonchev–Trinajstić information content (AvgIpc) is 2.99. The van der Waals surface area contributed by atoms with Gasteiger partial charge >= 0.3 is 6.18 Å². The van der Waals surface area contributed by atoms with Crippen molar-refractivity contribution in [2.45, 2.75) is 19.6 Å². The Morgan fingerprint density at radius 1 is 1.28 bits per heavy atom. The first-order valence-corrected chi connectivity index (χ1v) is 9.61. The molecule has 2 N–H and O–H groups in total. The van der Waals surface area contributed by atoms with E-state index in [-0.39, 0.29) is 28.0 Å². The van der Waals surface area contributed by atoms with Crippen molar-refractivity contribution in [1.29, 1.82) is 0 Å². The molecule has 0 spiro atoms. The predicted octanol–water partition coefficient (Wildman–Crippen LogP) is 5.30. The number of aryl methyl sites for hydroxylation is 1. The molecule has 0 aliphatic heterocycles. The van der Waals surface area contributed by atoms with Crippen LogP contribution < -0.4 is 5.32 Å². The first-order valence-electron chi connectivity index (χ1n) is 8.41. The maximum Gasteiger partial charge on any atom is 0.416 e. The lowest BCUT2D eigenvalue weighted by Crippen LogP contribution is -2.13. The Hall–Kier alpha value is -2.36. The molecule has 0 bridgehead atoms. The molecule has 3 aromatic rings. The Bertz CT molecular complexity index is 1100. The van der Waals surface area contributed by atoms with Crippen LogP contribution in [0.3, 0.4) is 0 Å². The lowest BCUT2D eigenvalue weighted by atomic mass is 10.1. The number of carbonyl (C=O) groups excluding carboxylic acids is 1. The number of nitrogens with one attached hydrogen (secondary N) is 1. The molecule has 154 valence electrons. The molecule has 0 saturated carbocycles. The van der Waals surface area contributed by atoms with Crippen LogP contribution in [0.1, 0.15) is 27.0 Å². The van der Waals surface area contributed by atoms with Gasteiger partial charge in [-0.15, -0.1) is 0 Å². The molecule has 0 saturated heterocycles. The van der Waals surface area contributed by atoms with Crippen LogP contribution in [-0.2, 0) is 12.7 Å². The van der Waals surface area contributed by atoms with E-state index >= 15 is 0 Å². The van der Waals surface area contributed by atoms with Crippen LogP contribution in [-0.4, -0.2) is 35.0 Å². The summed E-state index contributed by atoms with van der Waals surface area (Å²) in [6.45, 7) is 1.85. The van der Waals surface area contributed by atoms with Crippen LogP contribution in [0.15, 0.2) is 24.3 Å². The number of benzene rings is 2. The fourth-order valence-electron chi connectivity index (χ4n) is 2.85. The summed E-state index contributed by atoms with van der Waals surface area (Å²) in [6.07, 6.45) is -4.49. The SMILES string of the molecule is Cc1cc(Cl)cc(C(=O)Nc2nc3c(CN(C)C)cc(C(F)(F)F)cc3s2)c1O. The van der Waals surface area contributed by atoms with Gasteiger partial charge in [-0.3, -0.25) is 10.1 Å². The highest BCUT2D eigenvalue weighted by Gasteiger charge is 2.32. The molecule has 1 aromatic heterocycles. The van der Waals surface area contributed by atoms with E-state index in [4.69, 9.17) is 11.6 Å². The first kappa shape index (κ1) is 21.4. The molecule has 0 aliphatic carbocycles. The van der Waals surface area contributed by atoms with Crippen molar-refractivity contribution in [2.75, 3.05) is 19.4 Å². The normalized spacial score (nSPS) is 12.0. The monoisotopic (exact) mass is 443 g/mol. The van der Waals surface area contributed by atoms with Gasteiger partial charge in [0.2, 0.25) is 0 Å². The molecule has 3 rings (SSSR count). The minimum Gasteiger partial charge on any atom is -0.507 e. The number of rotatable bonds is 4. The van der Waals surface area contributed by atoms with Gasteiger partial charge in [0, 0.05) is 11.6 Å². The minimum atomic E-state index is -4.49. The maximum absolute atomic E-state index is 13.3. The van der Waals surface area contributed by atoms with Gasteiger partial charge in [0.25, 0.3) is 5.91 Å². The van der Waals surface area contributed by atoms with Crippen molar-refractivity contribution in [3.63, 3.8) is 0 Å². The Morgan fingerprint density at radius 2 is 1.97 bits per heavy atom. The number of phenolic OH excluding ortho intramolecular Hbond substituents is 1. The average molecular weight is 444 g/mol. The maximum atomic E-state index is 13.3. The van der Waals surface area contributed by atoms with Crippen LogP contribution in [0.2, 0.25) is 5.02 Å². The number of aromatic hydroxyl groups is 1. The van der Waals surface area contributed by atoms with Crippen LogP contribution in [0.5, 0.6) is 5.75 Å². The fraction of sp³-hybridized carbons (Fsp3) is 0.263. The zero-order chi connectivity index (χ0) is 21.5. The van der Waals surface area contributed by atoms with Crippen molar-refractivity contribution in [2.24, 2.45) is 0 Å². The third kappa shape index (κ3) is 4.63. The molecule has 29 heavy (non-hydrogen) atoms. The van der Waals surface area contributed by atoms with Crippen molar-refractivity contribution in [3.05, 3.63) is 51.5 Å². The summed E-state index contributed by atoms with van der Waals surface area (Å²) < 4.78 is 40.1. The quantitative estimate of drug-likeness (QED) is 0.574. The number of anilines is 1. The van der Waals surface area contributed by atoms with Gasteiger partial charge in [-0.2, -0.15) is 13.2 Å². The second-order valence-corrected chi connectivity index (χ2v) is 8.28. The summed E-state index contributed by atoms with van der Waals surface area (Å²) in [7, 11) is 3.48. The van der Waals surface area contributed by atoms with Crippen LogP contribution >= 0.6 is 22.9 Å². The summed E-state index contributed by atoms with van der Waals surface area (Å²) in [4.78, 5) is 18.6. The number of nitrogens with zero attached hydrogens (tertiary/aromatic N) is 2. The summed E-state index contributed by atoms with van der Waals surface area (Å²) in [5.74, 6) is -0.877. The highest BCUT2D eigenvalue weighted by molar-refractivity contribution is 7.22. The largest absolute Gasteiger partial charge is 0.507 e. The molecule has 1 amide bonds. The van der Waals surface area contributed by atoms with E-state index in [2.05, 4.69) is 10.3 Å². The molecule has 1 heterocycles. The van der Waals surface area contributed by atoms with E-state index in [1.165, 1.54) is 12.1 Å². The van der Waals surface area contributed by atoms with Crippen molar-refractivity contribution >= 4 is 44.2 Å². The highest BCUT2D eigenvalue weighted by Crippen LogP contribution is 2.37. The van der Waals surface area contributed by atoms with Gasteiger partial charge < -0.3 is 10.0 Å². The molecular weight excluding hydrogens is 427 g/mol. The van der Waals surface area contributed by atoms with E-state index in [1.54, 1.807) is 25.9 Å². The van der Waals surface area contributed by atoms with Crippen LogP contribution in [0, 0.1) is 6.92 Å². The number of alkyl halides is 3. The molecule has 2 aromatic carbocycles. The van der Waals surface area contributed by atoms with E-state index in [1.807, 2.05) is 0 Å². The van der Waals surface area contributed by atoms with E-state index < -0.39 is 17.6 Å². The van der Waals surface area contributed by atoms with Gasteiger partial charge in [0.05, 0.1) is 21.3 Å². The molecule has 0 unspecified atom stereocenters. The summed E-state index contributed by atoms with van der Waals surface area (Å²) in [5, 5.41) is 13.1. The van der Waals surface area contributed by atoms with Gasteiger partial charge in [0.15, 0.2) is 5.13 Å². The van der Waals surface area contributed by atoms with Crippen molar-refractivity contribution < 1.29 is 23.1 Å². The number of fused-ring (bicyclic) bond motifs is 1. The Morgan fingerprint density at radius 3 is 2.59 bits per heavy atom. The van der Waals surface area contributed by atoms with E-state index in [0.29, 0.717) is 21.3 Å². The summed E-state index contributed by atoms with van der Waals surface area (Å²) in [5.41, 5.74) is 0.400. The van der Waals surface area contributed by atoms with Gasteiger partial charge in [-0.05, 0) is 56.4 Å². The number of carbonyl (C=O) groups is 1. The van der Waals surface area contributed by atoms with Gasteiger partial charge in [-0.25, -0.2) is 4.98 Å². The van der Waals surface area contributed by atoms with Crippen LogP contribution in [0.4, 0.5) is 18.3 Å². The first-order chi connectivity index (χ1) is 13.5. The predicted molar refractivity (Wildman–Crippen MR) is 108 cm³/mol. The van der Waals surface area contributed by atoms with Gasteiger partial charge in [0.1, 0.15) is 5.75 Å². The van der Waals surface area contributed by atoms with Crippen LogP contribution in [0.25, 0.3) is 10.2 Å². The molecule has 5 nitrogen and oxygen atoms in total. The number of aromatic nitrogens is 1. The Labute approximate surface area is 173 Å². The second kappa shape index (κ2) is 7.81. The molecule has 0 aliphatic rings. The molecule has 10 heteroatoms. The number of halogens is 4. The smallest absolute Gasteiger partial charge is 0.416 e. The molecule has 0 fully saturated rings. The molecular formula is C19H17ClF3N3O2S. The second-order valence-electron chi connectivity index (χ2n) is 6.81. The number of phenols is 1. The van der Waals surface area contributed by atoms with E-state index in [0.717, 1.165) is 23.5 Å². The number of thiazole rings is 1. The lowest BCUT2D eigenvalue weighted by Gasteiger charge is -2.13. The third-order valence-corrected chi connectivity index (χ3v) is 5.25. The Kier molecular flexibility index (Phi) is 5.75. The fourth-order valence-corrected chi connectivity index (χ4v) is 4.07. The Balaban J connectivity index is 2.02. The third-order valence-electron chi connectivity index (χ3n) is 4.12. The number of hydrogen-bond donors (Lipinski definition) is 2. The summed E-state index contributed by atoms with van der Waals surface area (Å²) >= 11 is 6.88. The zero-order valence-corrected chi connectivity index (χ0v) is 17.3. The minimum absolute atomic E-state index is 0.0428. The molecule has 0 radical (unpaired) electrons. The standard InChI is InChI=1S/C19H17ClF3N3O2S/c1-9-4-12(20)7-13(16(9)27)17(28)25-18-24-15-10(8-26(2)3)5-11(19(21,22)23)6-14(15)29-18/h4-7,27H,8H2,1-3H3,(H,24,25,28). The topological polar surface area (TPSA) is 65.5 Å². The number of hydrogen-bond acceptors (Lipinski definition) is 5. The molecule has 0 atom stereocenters. The number of amides is 1.